The minimum Gasteiger partial charge on any atom is -0.491 e. The number of ether oxygens (including phenoxy) is 2. The summed E-state index contributed by atoms with van der Waals surface area (Å²) in [7, 11) is 1.61. The smallest absolute Gasteiger partial charge is 0.248 e. The van der Waals surface area contributed by atoms with E-state index in [1.807, 2.05) is 0 Å². The SMILES string of the molecule is COCCOc1ccc(C(N)=O)cc1. The van der Waals surface area contributed by atoms with Crippen LogP contribution in [0.1, 0.15) is 10.4 Å². The first-order valence-corrected chi connectivity index (χ1v) is 4.25. The minimum absolute atomic E-state index is 0.437. The van der Waals surface area contributed by atoms with Gasteiger partial charge in [0.25, 0.3) is 0 Å². The normalized spacial score (nSPS) is 9.79. The van der Waals surface area contributed by atoms with E-state index < -0.39 is 5.91 Å². The second-order valence-electron chi connectivity index (χ2n) is 2.73. The molecule has 2 N–H and O–H groups in total. The Balaban J connectivity index is 2.51. The van der Waals surface area contributed by atoms with E-state index in [9.17, 15) is 4.79 Å². The summed E-state index contributed by atoms with van der Waals surface area (Å²) in [6, 6.07) is 6.67. The molecule has 76 valence electrons. The van der Waals surface area contributed by atoms with Crippen LogP contribution in [0, 0.1) is 0 Å². The molecule has 1 rings (SSSR count). The number of carbonyl (C=O) groups is 1. The zero-order valence-electron chi connectivity index (χ0n) is 8.03. The van der Waals surface area contributed by atoms with E-state index >= 15 is 0 Å². The zero-order chi connectivity index (χ0) is 10.4. The average Bonchev–Trinajstić information content (AvgIpc) is 2.19. The van der Waals surface area contributed by atoms with Crippen LogP contribution >= 0.6 is 0 Å². The van der Waals surface area contributed by atoms with Crippen molar-refractivity contribution in [3.05, 3.63) is 29.8 Å². The number of primary amides is 1. The number of nitrogens with two attached hydrogens (primary N) is 1. The number of rotatable bonds is 5. The summed E-state index contributed by atoms with van der Waals surface area (Å²) in [5, 5.41) is 0. The number of amides is 1. The topological polar surface area (TPSA) is 61.6 Å². The molecule has 4 nitrogen and oxygen atoms in total. The number of methoxy groups -OCH3 is 1. The van der Waals surface area contributed by atoms with Gasteiger partial charge in [0.2, 0.25) is 5.91 Å². The second-order valence-corrected chi connectivity index (χ2v) is 2.73. The molecule has 0 bridgehead atoms. The third kappa shape index (κ3) is 3.06. The number of hydrogen-bond acceptors (Lipinski definition) is 3. The Morgan fingerprint density at radius 2 is 1.93 bits per heavy atom. The Hall–Kier alpha value is -1.55. The molecule has 1 aromatic rings. The Morgan fingerprint density at radius 1 is 1.29 bits per heavy atom. The van der Waals surface area contributed by atoms with Gasteiger partial charge in [-0.15, -0.1) is 0 Å². The molecular weight excluding hydrogens is 182 g/mol. The van der Waals surface area contributed by atoms with E-state index in [0.29, 0.717) is 24.5 Å². The minimum atomic E-state index is -0.437. The molecular formula is C10H13NO3. The molecule has 0 aromatic heterocycles. The molecule has 0 radical (unpaired) electrons. The van der Waals surface area contributed by atoms with Crippen molar-refractivity contribution in [1.29, 1.82) is 0 Å². The van der Waals surface area contributed by atoms with Gasteiger partial charge in [-0.05, 0) is 24.3 Å². The van der Waals surface area contributed by atoms with E-state index in [2.05, 4.69) is 0 Å². The summed E-state index contributed by atoms with van der Waals surface area (Å²) >= 11 is 0. The summed E-state index contributed by atoms with van der Waals surface area (Å²) < 4.78 is 10.1. The molecule has 4 heteroatoms. The van der Waals surface area contributed by atoms with E-state index in [-0.39, 0.29) is 0 Å². The van der Waals surface area contributed by atoms with Gasteiger partial charge in [0.15, 0.2) is 0 Å². The summed E-state index contributed by atoms with van der Waals surface area (Å²) in [4.78, 5) is 10.7. The van der Waals surface area contributed by atoms with Gasteiger partial charge in [-0.2, -0.15) is 0 Å². The van der Waals surface area contributed by atoms with E-state index in [1.165, 1.54) is 0 Å². The molecule has 0 spiro atoms. The first kappa shape index (κ1) is 10.5. The maximum atomic E-state index is 10.7. The molecule has 1 amide bonds. The Morgan fingerprint density at radius 3 is 2.43 bits per heavy atom. The third-order valence-electron chi connectivity index (χ3n) is 1.70. The lowest BCUT2D eigenvalue weighted by Crippen LogP contribution is -2.10. The molecule has 1 aromatic carbocycles. The van der Waals surface area contributed by atoms with Gasteiger partial charge in [0.05, 0.1) is 6.61 Å². The number of hydrogen-bond donors (Lipinski definition) is 1. The second kappa shape index (κ2) is 5.24. The van der Waals surface area contributed by atoms with Crippen LogP contribution in [0.5, 0.6) is 5.75 Å². The lowest BCUT2D eigenvalue weighted by atomic mass is 10.2. The summed E-state index contributed by atoms with van der Waals surface area (Å²) in [5.74, 6) is 0.264. The lowest BCUT2D eigenvalue weighted by Gasteiger charge is -2.05. The molecule has 0 aliphatic heterocycles. The quantitative estimate of drug-likeness (QED) is 0.707. The van der Waals surface area contributed by atoms with Crippen molar-refractivity contribution in [2.75, 3.05) is 20.3 Å². The highest BCUT2D eigenvalue weighted by molar-refractivity contribution is 5.92. The van der Waals surface area contributed by atoms with Crippen LogP contribution < -0.4 is 10.5 Å². The monoisotopic (exact) mass is 195 g/mol. The zero-order valence-corrected chi connectivity index (χ0v) is 8.03. The van der Waals surface area contributed by atoms with Gasteiger partial charge in [-0.3, -0.25) is 4.79 Å². The van der Waals surface area contributed by atoms with Crippen molar-refractivity contribution in [3.63, 3.8) is 0 Å². The third-order valence-corrected chi connectivity index (χ3v) is 1.70. The predicted molar refractivity (Wildman–Crippen MR) is 52.3 cm³/mol. The Bertz CT molecular complexity index is 295. The Labute approximate surface area is 82.6 Å². The van der Waals surface area contributed by atoms with E-state index in [1.54, 1.807) is 31.4 Å². The highest BCUT2D eigenvalue weighted by Crippen LogP contribution is 2.11. The molecule has 0 atom stereocenters. The lowest BCUT2D eigenvalue weighted by molar-refractivity contribution is 0.1000. The number of benzene rings is 1. The van der Waals surface area contributed by atoms with Crippen LogP contribution in [0.25, 0.3) is 0 Å². The average molecular weight is 195 g/mol. The van der Waals surface area contributed by atoms with Gasteiger partial charge < -0.3 is 15.2 Å². The highest BCUT2D eigenvalue weighted by Gasteiger charge is 1.99. The molecule has 14 heavy (non-hydrogen) atoms. The maximum Gasteiger partial charge on any atom is 0.248 e. The first-order valence-electron chi connectivity index (χ1n) is 4.25. The summed E-state index contributed by atoms with van der Waals surface area (Å²) in [5.41, 5.74) is 5.56. The van der Waals surface area contributed by atoms with Crippen molar-refractivity contribution in [1.82, 2.24) is 0 Å². The standard InChI is InChI=1S/C10H13NO3/c1-13-6-7-14-9-4-2-8(3-5-9)10(11)12/h2-5H,6-7H2,1H3,(H2,11,12). The largest absolute Gasteiger partial charge is 0.491 e. The molecule has 0 aliphatic carbocycles. The molecule has 0 fully saturated rings. The van der Waals surface area contributed by atoms with Crippen LogP contribution in [0.4, 0.5) is 0 Å². The molecule has 0 aliphatic rings. The van der Waals surface area contributed by atoms with Gasteiger partial charge in [0.1, 0.15) is 12.4 Å². The highest BCUT2D eigenvalue weighted by atomic mass is 16.5. The van der Waals surface area contributed by atoms with Crippen molar-refractivity contribution in [2.45, 2.75) is 0 Å². The van der Waals surface area contributed by atoms with Gasteiger partial charge >= 0.3 is 0 Å². The summed E-state index contributed by atoms with van der Waals surface area (Å²) in [6.45, 7) is 1.03. The Kier molecular flexibility index (Phi) is 3.94. The molecule has 0 unspecified atom stereocenters. The fraction of sp³-hybridized carbons (Fsp3) is 0.300. The van der Waals surface area contributed by atoms with Crippen LogP contribution in [-0.2, 0) is 4.74 Å². The van der Waals surface area contributed by atoms with Gasteiger partial charge in [-0.1, -0.05) is 0 Å². The van der Waals surface area contributed by atoms with Crippen LogP contribution in [0.15, 0.2) is 24.3 Å². The number of carbonyl (C=O) groups excluding carboxylic acids is 1. The van der Waals surface area contributed by atoms with Crippen molar-refractivity contribution < 1.29 is 14.3 Å². The maximum absolute atomic E-state index is 10.7. The molecule has 0 saturated carbocycles. The van der Waals surface area contributed by atoms with Crippen LogP contribution in [0.3, 0.4) is 0 Å². The molecule has 0 heterocycles. The first-order chi connectivity index (χ1) is 6.74. The van der Waals surface area contributed by atoms with Crippen molar-refractivity contribution in [3.8, 4) is 5.75 Å². The van der Waals surface area contributed by atoms with E-state index in [4.69, 9.17) is 15.2 Å². The van der Waals surface area contributed by atoms with Crippen molar-refractivity contribution in [2.24, 2.45) is 5.73 Å². The van der Waals surface area contributed by atoms with Crippen molar-refractivity contribution >= 4 is 5.91 Å². The van der Waals surface area contributed by atoms with Crippen LogP contribution in [0.2, 0.25) is 0 Å². The summed E-state index contributed by atoms with van der Waals surface area (Å²) in [6.07, 6.45) is 0. The fourth-order valence-electron chi connectivity index (χ4n) is 0.958. The van der Waals surface area contributed by atoms with Crippen LogP contribution in [-0.4, -0.2) is 26.2 Å². The predicted octanol–water partition coefficient (Wildman–Crippen LogP) is 0.811. The van der Waals surface area contributed by atoms with E-state index in [0.717, 1.165) is 0 Å². The molecule has 0 saturated heterocycles. The fourth-order valence-corrected chi connectivity index (χ4v) is 0.958. The van der Waals surface area contributed by atoms with Gasteiger partial charge in [-0.25, -0.2) is 0 Å². The van der Waals surface area contributed by atoms with Gasteiger partial charge in [0, 0.05) is 12.7 Å².